The van der Waals surface area contributed by atoms with E-state index in [9.17, 15) is 9.59 Å². The van der Waals surface area contributed by atoms with Crippen molar-refractivity contribution in [2.45, 2.75) is 16.1 Å². The van der Waals surface area contributed by atoms with Gasteiger partial charge in [-0.3, -0.25) is 14.5 Å². The number of imide groups is 1. The Hall–Kier alpha value is -2.07. The normalized spacial score (nSPS) is 21.9. The van der Waals surface area contributed by atoms with Gasteiger partial charge in [-0.2, -0.15) is 0 Å². The van der Waals surface area contributed by atoms with Crippen LogP contribution in [0.1, 0.15) is 11.5 Å². The number of carbonyl (C=O) groups is 2. The number of amides is 2. The summed E-state index contributed by atoms with van der Waals surface area (Å²) in [6.07, 6.45) is 0. The third-order valence-corrected chi connectivity index (χ3v) is 4.91. The van der Waals surface area contributed by atoms with E-state index in [0.29, 0.717) is 0 Å². The molecule has 0 spiro atoms. The topological polar surface area (TPSA) is 37.4 Å². The van der Waals surface area contributed by atoms with Gasteiger partial charge < -0.3 is 0 Å². The van der Waals surface area contributed by atoms with Crippen LogP contribution in [0.5, 0.6) is 0 Å². The summed E-state index contributed by atoms with van der Waals surface area (Å²) in [4.78, 5) is 27.0. The van der Waals surface area contributed by atoms with E-state index in [4.69, 9.17) is 0 Å². The molecule has 3 rings (SSSR count). The van der Waals surface area contributed by atoms with Crippen LogP contribution in [0.2, 0.25) is 0 Å². The minimum absolute atomic E-state index is 0.122. The van der Waals surface area contributed by atoms with Gasteiger partial charge in [-0.15, -0.1) is 11.8 Å². The van der Waals surface area contributed by atoms with Gasteiger partial charge in [-0.05, 0) is 17.7 Å². The Morgan fingerprint density at radius 3 is 2.05 bits per heavy atom. The molecule has 1 fully saturated rings. The van der Waals surface area contributed by atoms with E-state index in [1.165, 1.54) is 16.7 Å². The average molecular weight is 297 g/mol. The lowest BCUT2D eigenvalue weighted by molar-refractivity contribution is -0.136. The molecule has 2 amide bonds. The second-order valence-electron chi connectivity index (χ2n) is 4.98. The molecular weight excluding hydrogens is 282 g/mol. The van der Waals surface area contributed by atoms with Crippen LogP contribution in [-0.2, 0) is 9.59 Å². The smallest absolute Gasteiger partial charge is 0.243 e. The summed E-state index contributed by atoms with van der Waals surface area (Å²) in [6, 6.07) is 19.3. The maximum Gasteiger partial charge on any atom is 0.243 e. The van der Waals surface area contributed by atoms with Crippen molar-refractivity contribution in [1.29, 1.82) is 0 Å². The van der Waals surface area contributed by atoms with Crippen molar-refractivity contribution in [3.63, 3.8) is 0 Å². The van der Waals surface area contributed by atoms with Crippen LogP contribution < -0.4 is 0 Å². The fraction of sp³-hybridized carbons (Fsp3) is 0.176. The van der Waals surface area contributed by atoms with E-state index in [-0.39, 0.29) is 11.8 Å². The SMILES string of the molecule is CN1C(=O)C(Sc2ccccc2)C(c2ccccc2)C1=O. The summed E-state index contributed by atoms with van der Waals surface area (Å²) >= 11 is 1.46. The number of likely N-dealkylation sites (tertiary alicyclic amines) is 1. The molecule has 1 heterocycles. The average Bonchev–Trinajstić information content (AvgIpc) is 2.74. The summed E-state index contributed by atoms with van der Waals surface area (Å²) in [5.74, 6) is -0.656. The monoisotopic (exact) mass is 297 g/mol. The molecule has 2 unspecified atom stereocenters. The van der Waals surface area contributed by atoms with E-state index in [1.54, 1.807) is 7.05 Å². The van der Waals surface area contributed by atoms with E-state index < -0.39 is 11.2 Å². The molecule has 0 N–H and O–H groups in total. The van der Waals surface area contributed by atoms with Gasteiger partial charge in [-0.1, -0.05) is 48.5 Å². The number of likely N-dealkylation sites (N-methyl/N-ethyl adjacent to an activating group) is 1. The lowest BCUT2D eigenvalue weighted by Crippen LogP contribution is -2.26. The summed E-state index contributed by atoms with van der Waals surface area (Å²) in [5.41, 5.74) is 0.897. The lowest BCUT2D eigenvalue weighted by atomic mass is 9.97. The Morgan fingerprint density at radius 2 is 1.43 bits per heavy atom. The molecule has 21 heavy (non-hydrogen) atoms. The van der Waals surface area contributed by atoms with Crippen molar-refractivity contribution in [3.8, 4) is 0 Å². The van der Waals surface area contributed by atoms with E-state index in [1.807, 2.05) is 60.7 Å². The van der Waals surface area contributed by atoms with Crippen LogP contribution in [0.15, 0.2) is 65.6 Å². The molecule has 0 bridgehead atoms. The Bertz CT molecular complexity index is 657. The molecule has 106 valence electrons. The molecule has 4 heteroatoms. The molecule has 2 aromatic carbocycles. The predicted molar refractivity (Wildman–Crippen MR) is 83.0 cm³/mol. The highest BCUT2D eigenvalue weighted by Gasteiger charge is 2.47. The predicted octanol–water partition coefficient (Wildman–Crippen LogP) is 2.93. The minimum atomic E-state index is -0.408. The minimum Gasteiger partial charge on any atom is -0.284 e. The molecule has 3 nitrogen and oxygen atoms in total. The number of carbonyl (C=O) groups excluding carboxylic acids is 2. The second kappa shape index (κ2) is 5.74. The van der Waals surface area contributed by atoms with Crippen molar-refractivity contribution in [2.75, 3.05) is 7.05 Å². The Labute approximate surface area is 128 Å². The number of nitrogens with zero attached hydrogens (tertiary/aromatic N) is 1. The maximum atomic E-state index is 12.4. The molecular formula is C17H15NO2S. The summed E-state index contributed by atoms with van der Waals surface area (Å²) in [7, 11) is 1.56. The highest BCUT2D eigenvalue weighted by molar-refractivity contribution is 8.00. The first kappa shape index (κ1) is 13.9. The zero-order valence-corrected chi connectivity index (χ0v) is 12.4. The second-order valence-corrected chi connectivity index (χ2v) is 6.19. The summed E-state index contributed by atoms with van der Waals surface area (Å²) in [5, 5.41) is -0.396. The largest absolute Gasteiger partial charge is 0.284 e. The highest BCUT2D eigenvalue weighted by Crippen LogP contribution is 2.40. The van der Waals surface area contributed by atoms with Crippen molar-refractivity contribution in [1.82, 2.24) is 4.90 Å². The first-order valence-electron chi connectivity index (χ1n) is 6.76. The first-order chi connectivity index (χ1) is 10.2. The zero-order chi connectivity index (χ0) is 14.8. The van der Waals surface area contributed by atoms with Crippen LogP contribution in [0.4, 0.5) is 0 Å². The Morgan fingerprint density at radius 1 is 0.857 bits per heavy atom. The molecule has 0 aromatic heterocycles. The van der Waals surface area contributed by atoms with Gasteiger partial charge in [0.25, 0.3) is 0 Å². The van der Waals surface area contributed by atoms with Gasteiger partial charge in [0.05, 0.1) is 5.92 Å². The lowest BCUT2D eigenvalue weighted by Gasteiger charge is -2.15. The van der Waals surface area contributed by atoms with Crippen molar-refractivity contribution >= 4 is 23.6 Å². The van der Waals surface area contributed by atoms with Gasteiger partial charge in [0.15, 0.2) is 0 Å². The van der Waals surface area contributed by atoms with Gasteiger partial charge in [0, 0.05) is 11.9 Å². The molecule has 2 aromatic rings. The van der Waals surface area contributed by atoms with E-state index in [2.05, 4.69) is 0 Å². The third-order valence-electron chi connectivity index (χ3n) is 3.64. The number of hydrogen-bond donors (Lipinski definition) is 0. The van der Waals surface area contributed by atoms with E-state index in [0.717, 1.165) is 10.5 Å². The van der Waals surface area contributed by atoms with E-state index >= 15 is 0 Å². The molecule has 1 aliphatic heterocycles. The van der Waals surface area contributed by atoms with Crippen molar-refractivity contribution in [2.24, 2.45) is 0 Å². The molecule has 0 saturated carbocycles. The molecule has 0 aliphatic carbocycles. The van der Waals surface area contributed by atoms with Gasteiger partial charge in [-0.25, -0.2) is 0 Å². The van der Waals surface area contributed by atoms with Crippen LogP contribution >= 0.6 is 11.8 Å². The molecule has 1 saturated heterocycles. The fourth-order valence-corrected chi connectivity index (χ4v) is 3.80. The Balaban J connectivity index is 1.95. The highest BCUT2D eigenvalue weighted by atomic mass is 32.2. The standard InChI is InChI=1S/C17H15NO2S/c1-18-16(19)14(12-8-4-2-5-9-12)15(17(18)20)21-13-10-6-3-7-11-13/h2-11,14-15H,1H3. The maximum absolute atomic E-state index is 12.4. The number of thioether (sulfide) groups is 1. The number of hydrogen-bond acceptors (Lipinski definition) is 3. The number of rotatable bonds is 3. The molecule has 2 atom stereocenters. The summed E-state index contributed by atoms with van der Waals surface area (Å²) < 4.78 is 0. The van der Waals surface area contributed by atoms with Crippen LogP contribution in [0, 0.1) is 0 Å². The molecule has 0 radical (unpaired) electrons. The first-order valence-corrected chi connectivity index (χ1v) is 7.64. The molecule has 1 aliphatic rings. The van der Waals surface area contributed by atoms with Crippen molar-refractivity contribution < 1.29 is 9.59 Å². The Kier molecular flexibility index (Phi) is 3.80. The zero-order valence-electron chi connectivity index (χ0n) is 11.6. The summed E-state index contributed by atoms with van der Waals surface area (Å²) in [6.45, 7) is 0. The van der Waals surface area contributed by atoms with Crippen LogP contribution in [-0.4, -0.2) is 29.0 Å². The van der Waals surface area contributed by atoms with Gasteiger partial charge in [0.2, 0.25) is 11.8 Å². The number of benzene rings is 2. The van der Waals surface area contributed by atoms with Crippen LogP contribution in [0.25, 0.3) is 0 Å². The van der Waals surface area contributed by atoms with Crippen LogP contribution in [0.3, 0.4) is 0 Å². The van der Waals surface area contributed by atoms with Crippen molar-refractivity contribution in [3.05, 3.63) is 66.2 Å². The fourth-order valence-electron chi connectivity index (χ4n) is 2.52. The quantitative estimate of drug-likeness (QED) is 0.818. The van der Waals surface area contributed by atoms with Gasteiger partial charge >= 0.3 is 0 Å². The van der Waals surface area contributed by atoms with Gasteiger partial charge in [0.1, 0.15) is 5.25 Å². The third kappa shape index (κ3) is 2.59.